The molecule has 1 fully saturated rings. The highest BCUT2D eigenvalue weighted by Crippen LogP contribution is 2.25. The molecule has 2 aromatic rings. The highest BCUT2D eigenvalue weighted by atomic mass is 79.9. The lowest BCUT2D eigenvalue weighted by atomic mass is 10.2. The Balaban J connectivity index is 1.66. The first-order valence-electron chi connectivity index (χ1n) is 8.08. The molecule has 0 amide bonds. The van der Waals surface area contributed by atoms with Crippen LogP contribution in [0, 0.1) is 0 Å². The van der Waals surface area contributed by atoms with Gasteiger partial charge in [-0.2, -0.15) is 0 Å². The van der Waals surface area contributed by atoms with Crippen molar-refractivity contribution in [3.8, 4) is 5.75 Å². The SMILES string of the molecule is S=C(NC[C@@H]1CCCO1)c1cc(Br)ccc1OCc1ccccc1. The molecule has 1 saturated heterocycles. The molecule has 1 aliphatic heterocycles. The molecule has 1 N–H and O–H groups in total. The van der Waals surface area contributed by atoms with E-state index < -0.39 is 0 Å². The predicted molar refractivity (Wildman–Crippen MR) is 104 cm³/mol. The summed E-state index contributed by atoms with van der Waals surface area (Å²) in [6.45, 7) is 2.11. The first kappa shape index (κ1) is 17.4. The van der Waals surface area contributed by atoms with Crippen molar-refractivity contribution in [2.45, 2.75) is 25.6 Å². The van der Waals surface area contributed by atoms with Crippen molar-refractivity contribution in [3.05, 3.63) is 64.1 Å². The monoisotopic (exact) mass is 405 g/mol. The molecule has 3 rings (SSSR count). The molecule has 0 bridgehead atoms. The molecule has 24 heavy (non-hydrogen) atoms. The minimum absolute atomic E-state index is 0.254. The van der Waals surface area contributed by atoms with Crippen LogP contribution in [0.4, 0.5) is 0 Å². The average Bonchev–Trinajstić information content (AvgIpc) is 3.13. The van der Waals surface area contributed by atoms with E-state index in [0.29, 0.717) is 11.6 Å². The van der Waals surface area contributed by atoms with Gasteiger partial charge in [-0.3, -0.25) is 0 Å². The first-order valence-corrected chi connectivity index (χ1v) is 9.28. The highest BCUT2D eigenvalue weighted by molar-refractivity contribution is 9.10. The van der Waals surface area contributed by atoms with Crippen LogP contribution in [-0.4, -0.2) is 24.2 Å². The maximum absolute atomic E-state index is 5.99. The van der Waals surface area contributed by atoms with Crippen LogP contribution >= 0.6 is 28.1 Å². The number of rotatable bonds is 6. The van der Waals surface area contributed by atoms with Gasteiger partial charge in [-0.15, -0.1) is 0 Å². The molecule has 2 aromatic carbocycles. The predicted octanol–water partition coefficient (Wildman–Crippen LogP) is 4.47. The second-order valence-electron chi connectivity index (χ2n) is 5.76. The lowest BCUT2D eigenvalue weighted by molar-refractivity contribution is 0.114. The van der Waals surface area contributed by atoms with Crippen LogP contribution in [-0.2, 0) is 11.3 Å². The third-order valence-electron chi connectivity index (χ3n) is 3.94. The van der Waals surface area contributed by atoms with E-state index in [4.69, 9.17) is 21.7 Å². The first-order chi connectivity index (χ1) is 11.7. The van der Waals surface area contributed by atoms with Gasteiger partial charge < -0.3 is 14.8 Å². The number of thiocarbonyl (C=S) groups is 1. The second kappa shape index (κ2) is 8.60. The van der Waals surface area contributed by atoms with E-state index in [9.17, 15) is 0 Å². The Kier molecular flexibility index (Phi) is 6.24. The molecule has 1 aliphatic rings. The average molecular weight is 406 g/mol. The molecule has 0 aromatic heterocycles. The van der Waals surface area contributed by atoms with Crippen LogP contribution in [0.5, 0.6) is 5.75 Å². The van der Waals surface area contributed by atoms with Gasteiger partial charge in [0.05, 0.1) is 11.7 Å². The van der Waals surface area contributed by atoms with Gasteiger partial charge in [-0.05, 0) is 36.6 Å². The number of nitrogens with one attached hydrogen (secondary N) is 1. The van der Waals surface area contributed by atoms with Gasteiger partial charge in [0.2, 0.25) is 0 Å². The number of ether oxygens (including phenoxy) is 2. The van der Waals surface area contributed by atoms with Crippen molar-refractivity contribution in [2.24, 2.45) is 0 Å². The Morgan fingerprint density at radius 1 is 1.25 bits per heavy atom. The topological polar surface area (TPSA) is 30.5 Å². The van der Waals surface area contributed by atoms with Crippen molar-refractivity contribution in [3.63, 3.8) is 0 Å². The number of hydrogen-bond acceptors (Lipinski definition) is 3. The molecule has 1 heterocycles. The Bertz CT molecular complexity index is 687. The normalized spacial score (nSPS) is 16.8. The summed E-state index contributed by atoms with van der Waals surface area (Å²) in [5.74, 6) is 0.784. The fourth-order valence-corrected chi connectivity index (χ4v) is 3.25. The third-order valence-corrected chi connectivity index (χ3v) is 4.80. The van der Waals surface area contributed by atoms with E-state index in [1.807, 2.05) is 48.5 Å². The molecule has 0 spiro atoms. The summed E-state index contributed by atoms with van der Waals surface area (Å²) in [5, 5.41) is 3.31. The molecule has 1 atom stereocenters. The Labute approximate surface area is 156 Å². The highest BCUT2D eigenvalue weighted by Gasteiger charge is 2.17. The van der Waals surface area contributed by atoms with E-state index in [1.165, 1.54) is 0 Å². The minimum Gasteiger partial charge on any atom is -0.488 e. The van der Waals surface area contributed by atoms with Crippen LogP contribution in [0.25, 0.3) is 0 Å². The zero-order valence-corrected chi connectivity index (χ0v) is 15.7. The molecular weight excluding hydrogens is 386 g/mol. The minimum atomic E-state index is 0.254. The summed E-state index contributed by atoms with van der Waals surface area (Å²) >= 11 is 9.08. The summed E-state index contributed by atoms with van der Waals surface area (Å²) in [4.78, 5) is 0.690. The summed E-state index contributed by atoms with van der Waals surface area (Å²) in [6, 6.07) is 16.0. The molecule has 5 heteroatoms. The van der Waals surface area contributed by atoms with Crippen molar-refractivity contribution in [2.75, 3.05) is 13.2 Å². The van der Waals surface area contributed by atoms with Gasteiger partial charge in [0, 0.05) is 17.6 Å². The van der Waals surface area contributed by atoms with E-state index in [-0.39, 0.29) is 6.10 Å². The molecule has 126 valence electrons. The summed E-state index contributed by atoms with van der Waals surface area (Å²) in [6.07, 6.45) is 2.47. The van der Waals surface area contributed by atoms with Crippen LogP contribution in [0.2, 0.25) is 0 Å². The zero-order chi connectivity index (χ0) is 16.8. The van der Waals surface area contributed by atoms with Gasteiger partial charge >= 0.3 is 0 Å². The van der Waals surface area contributed by atoms with E-state index in [0.717, 1.165) is 47.3 Å². The maximum Gasteiger partial charge on any atom is 0.130 e. The standard InChI is InChI=1S/C19H20BrNO2S/c20-15-8-9-18(23-13-14-5-2-1-3-6-14)17(11-15)19(24)21-12-16-7-4-10-22-16/h1-3,5-6,8-9,11,16H,4,7,10,12-13H2,(H,21,24)/t16-/m0/s1. The Morgan fingerprint density at radius 2 is 2.08 bits per heavy atom. The summed E-state index contributed by atoms with van der Waals surface area (Å²) in [7, 11) is 0. The molecule has 0 unspecified atom stereocenters. The van der Waals surface area contributed by atoms with Gasteiger partial charge in [0.1, 0.15) is 17.3 Å². The quantitative estimate of drug-likeness (QED) is 0.717. The Morgan fingerprint density at radius 3 is 2.83 bits per heavy atom. The smallest absolute Gasteiger partial charge is 0.130 e. The molecule has 3 nitrogen and oxygen atoms in total. The maximum atomic E-state index is 5.99. The van der Waals surface area contributed by atoms with Gasteiger partial charge in [-0.1, -0.05) is 58.5 Å². The lowest BCUT2D eigenvalue weighted by Crippen LogP contribution is -2.31. The zero-order valence-electron chi connectivity index (χ0n) is 13.3. The fourth-order valence-electron chi connectivity index (χ4n) is 2.65. The van der Waals surface area contributed by atoms with E-state index in [1.54, 1.807) is 0 Å². The van der Waals surface area contributed by atoms with Crippen molar-refractivity contribution < 1.29 is 9.47 Å². The largest absolute Gasteiger partial charge is 0.488 e. The number of hydrogen-bond donors (Lipinski definition) is 1. The molecule has 0 aliphatic carbocycles. The summed E-state index contributed by atoms with van der Waals surface area (Å²) < 4.78 is 12.6. The van der Waals surface area contributed by atoms with Crippen LogP contribution < -0.4 is 10.1 Å². The lowest BCUT2D eigenvalue weighted by Gasteiger charge is -2.16. The van der Waals surface area contributed by atoms with Crippen LogP contribution in [0.15, 0.2) is 53.0 Å². The third kappa shape index (κ3) is 4.79. The fraction of sp³-hybridized carbons (Fsp3) is 0.316. The summed E-state index contributed by atoms with van der Waals surface area (Å²) in [5.41, 5.74) is 2.03. The van der Waals surface area contributed by atoms with Gasteiger partial charge in [0.25, 0.3) is 0 Å². The second-order valence-corrected chi connectivity index (χ2v) is 7.08. The van der Waals surface area contributed by atoms with Crippen molar-refractivity contribution in [1.29, 1.82) is 0 Å². The van der Waals surface area contributed by atoms with Crippen molar-refractivity contribution >= 4 is 33.1 Å². The van der Waals surface area contributed by atoms with Crippen LogP contribution in [0.3, 0.4) is 0 Å². The van der Waals surface area contributed by atoms with E-state index >= 15 is 0 Å². The van der Waals surface area contributed by atoms with Crippen LogP contribution in [0.1, 0.15) is 24.0 Å². The molecule has 0 radical (unpaired) electrons. The molecule has 0 saturated carbocycles. The van der Waals surface area contributed by atoms with Gasteiger partial charge in [-0.25, -0.2) is 0 Å². The van der Waals surface area contributed by atoms with Crippen molar-refractivity contribution in [1.82, 2.24) is 5.32 Å². The van der Waals surface area contributed by atoms with Gasteiger partial charge in [0.15, 0.2) is 0 Å². The van der Waals surface area contributed by atoms with E-state index in [2.05, 4.69) is 21.2 Å². The molecular formula is C19H20BrNO2S. The number of halogens is 1. The Hall–Kier alpha value is -1.43. The number of benzene rings is 2.